The average molecular weight is 391 g/mol. The lowest BCUT2D eigenvalue weighted by molar-refractivity contribution is 0.0880. The maximum Gasteiger partial charge on any atom is 0.262 e. The molecule has 0 aliphatic carbocycles. The predicted molar refractivity (Wildman–Crippen MR) is 109 cm³/mol. The van der Waals surface area contributed by atoms with Crippen LogP contribution >= 0.6 is 11.8 Å². The number of carbonyl (C=O) groups excluding carboxylic acids is 2. The number of hydrogen-bond acceptors (Lipinski definition) is 5. The first kappa shape index (κ1) is 18.1. The molecule has 1 aromatic heterocycles. The van der Waals surface area contributed by atoms with Crippen molar-refractivity contribution in [2.24, 2.45) is 0 Å². The van der Waals surface area contributed by atoms with Crippen molar-refractivity contribution in [2.45, 2.75) is 17.6 Å². The molecule has 2 amide bonds. The van der Waals surface area contributed by atoms with E-state index >= 15 is 0 Å². The number of carbonyl (C=O) groups is 2. The number of nitrogens with two attached hydrogens (primary N) is 1. The van der Waals surface area contributed by atoms with E-state index in [9.17, 15) is 14.4 Å². The lowest BCUT2D eigenvalue weighted by atomic mass is 10.1. The fourth-order valence-electron chi connectivity index (χ4n) is 3.25. The Kier molecular flexibility index (Phi) is 4.52. The van der Waals surface area contributed by atoms with E-state index in [4.69, 9.17) is 5.73 Å². The van der Waals surface area contributed by atoms with Crippen molar-refractivity contribution >= 4 is 29.4 Å². The number of nitrogens with one attached hydrogen (secondary N) is 1. The fourth-order valence-corrected chi connectivity index (χ4v) is 4.24. The second-order valence-electron chi connectivity index (χ2n) is 6.52. The molecule has 1 aliphatic heterocycles. The van der Waals surface area contributed by atoms with Crippen LogP contribution < -0.4 is 16.6 Å². The van der Waals surface area contributed by atoms with E-state index in [-0.39, 0.29) is 16.9 Å². The molecular weight excluding hydrogens is 374 g/mol. The molecule has 0 radical (unpaired) electrons. The molecule has 2 aromatic carbocycles. The topological polar surface area (TPSA) is 94.2 Å². The van der Waals surface area contributed by atoms with E-state index in [0.29, 0.717) is 5.69 Å². The van der Waals surface area contributed by atoms with Crippen molar-refractivity contribution in [1.29, 1.82) is 0 Å². The van der Waals surface area contributed by atoms with Crippen LogP contribution in [0.4, 0.5) is 5.82 Å². The molecule has 3 aromatic rings. The lowest BCUT2D eigenvalue weighted by Crippen LogP contribution is -2.24. The Morgan fingerprint density at radius 3 is 2.57 bits per heavy atom. The molecule has 28 heavy (non-hydrogen) atoms. The number of nitrogen functional groups attached to an aromatic ring is 1. The highest BCUT2D eigenvalue weighted by Gasteiger charge is 2.32. The summed E-state index contributed by atoms with van der Waals surface area (Å²) in [5, 5.41) is 2.18. The largest absolute Gasteiger partial charge is 0.384 e. The van der Waals surface area contributed by atoms with Gasteiger partial charge in [-0.25, -0.2) is 0 Å². The van der Waals surface area contributed by atoms with Gasteiger partial charge in [0.05, 0.1) is 16.8 Å². The third-order valence-electron chi connectivity index (χ3n) is 4.54. The fraction of sp³-hybridized carbons (Fsp3) is 0.0952. The number of pyridine rings is 1. The highest BCUT2D eigenvalue weighted by molar-refractivity contribution is 7.98. The van der Waals surface area contributed by atoms with Crippen LogP contribution in [-0.2, 0) is 5.75 Å². The highest BCUT2D eigenvalue weighted by Crippen LogP contribution is 2.31. The van der Waals surface area contributed by atoms with E-state index in [2.05, 4.69) is 17.4 Å². The summed E-state index contributed by atoms with van der Waals surface area (Å²) >= 11 is 1.57. The summed E-state index contributed by atoms with van der Waals surface area (Å²) in [4.78, 5) is 37.5. The number of fused-ring (bicyclic) bond motifs is 1. The Morgan fingerprint density at radius 1 is 1.00 bits per heavy atom. The molecule has 0 saturated carbocycles. The Hall–Kier alpha value is -3.32. The van der Waals surface area contributed by atoms with Crippen molar-refractivity contribution in [3.63, 3.8) is 0 Å². The minimum Gasteiger partial charge on any atom is -0.384 e. The Morgan fingerprint density at radius 2 is 1.79 bits per heavy atom. The van der Waals surface area contributed by atoms with Gasteiger partial charge in [-0.3, -0.25) is 24.3 Å². The van der Waals surface area contributed by atoms with Gasteiger partial charge in [0.2, 0.25) is 0 Å². The Bertz CT molecular complexity index is 1180. The van der Waals surface area contributed by atoms with Crippen LogP contribution in [0.3, 0.4) is 0 Å². The Balaban J connectivity index is 1.77. The molecule has 4 rings (SSSR count). The summed E-state index contributed by atoms with van der Waals surface area (Å²) in [5.74, 6) is -0.499. The van der Waals surface area contributed by atoms with Gasteiger partial charge in [0.25, 0.3) is 17.4 Å². The van der Waals surface area contributed by atoms with Crippen molar-refractivity contribution < 1.29 is 9.59 Å². The number of para-hydroxylation sites is 1. The molecule has 140 valence electrons. The number of thioether (sulfide) groups is 1. The Labute approximate surface area is 165 Å². The van der Waals surface area contributed by atoms with Crippen LogP contribution in [0.5, 0.6) is 0 Å². The number of nitrogens with zero attached hydrogens (tertiary/aromatic N) is 1. The minimum atomic E-state index is -0.599. The lowest BCUT2D eigenvalue weighted by Gasteiger charge is -2.15. The third-order valence-corrected chi connectivity index (χ3v) is 5.67. The van der Waals surface area contributed by atoms with Gasteiger partial charge in [0, 0.05) is 16.7 Å². The maximum absolute atomic E-state index is 12.7. The average Bonchev–Trinajstić information content (AvgIpc) is 2.94. The number of benzene rings is 2. The van der Waals surface area contributed by atoms with Gasteiger partial charge in [-0.2, -0.15) is 0 Å². The van der Waals surface area contributed by atoms with Crippen molar-refractivity contribution in [3.05, 3.63) is 87.2 Å². The summed E-state index contributed by atoms with van der Waals surface area (Å²) < 4.78 is 1.29. The quantitative estimate of drug-likeness (QED) is 0.527. The third kappa shape index (κ3) is 3.10. The number of anilines is 1. The standard InChI is InChI=1S/C21H17N3O3S/c1-12-5-4-6-13(9-12)11-28-16-8-3-2-7-15(16)24-17(25)10-14-18(19(24)22)21(27)23-20(14)26/h2-10H,11,22H2,1H3,(H,23,26,27). The van der Waals surface area contributed by atoms with E-state index in [1.165, 1.54) is 15.7 Å². The smallest absolute Gasteiger partial charge is 0.262 e. The van der Waals surface area contributed by atoms with Crippen LogP contribution in [0.15, 0.2) is 64.3 Å². The molecule has 0 unspecified atom stereocenters. The van der Waals surface area contributed by atoms with Crippen LogP contribution in [0.1, 0.15) is 31.8 Å². The number of hydrogen-bond donors (Lipinski definition) is 2. The molecule has 0 saturated heterocycles. The summed E-state index contributed by atoms with van der Waals surface area (Å²) in [6.45, 7) is 2.04. The van der Waals surface area contributed by atoms with Gasteiger partial charge in [-0.15, -0.1) is 11.8 Å². The first-order valence-corrected chi connectivity index (χ1v) is 9.63. The zero-order valence-corrected chi connectivity index (χ0v) is 15.9. The summed E-state index contributed by atoms with van der Waals surface area (Å²) in [5.41, 5.74) is 8.70. The number of rotatable bonds is 4. The number of imide groups is 1. The molecular formula is C21H17N3O3S. The molecule has 7 heteroatoms. The van der Waals surface area contributed by atoms with Crippen LogP contribution in [0, 0.1) is 6.92 Å². The minimum absolute atomic E-state index is 0.0219. The van der Waals surface area contributed by atoms with E-state index < -0.39 is 17.4 Å². The van der Waals surface area contributed by atoms with Gasteiger partial charge in [-0.1, -0.05) is 42.0 Å². The van der Waals surface area contributed by atoms with Crippen molar-refractivity contribution in [2.75, 3.05) is 5.73 Å². The SMILES string of the molecule is Cc1cccc(CSc2ccccc2-n2c(N)c3c(cc2=O)C(=O)NC3=O)c1. The summed E-state index contributed by atoms with van der Waals surface area (Å²) in [7, 11) is 0. The maximum atomic E-state index is 12.7. The molecule has 0 fully saturated rings. The summed E-state index contributed by atoms with van der Waals surface area (Å²) in [6.07, 6.45) is 0. The van der Waals surface area contributed by atoms with E-state index in [1.807, 2.05) is 31.2 Å². The van der Waals surface area contributed by atoms with Crippen LogP contribution in [0.2, 0.25) is 0 Å². The number of amides is 2. The van der Waals surface area contributed by atoms with Crippen LogP contribution in [-0.4, -0.2) is 16.4 Å². The number of aryl methyl sites for hydroxylation is 1. The summed E-state index contributed by atoms with van der Waals surface area (Å²) in [6, 6.07) is 16.7. The molecule has 3 N–H and O–H groups in total. The zero-order chi connectivity index (χ0) is 19.8. The van der Waals surface area contributed by atoms with Gasteiger partial charge < -0.3 is 5.73 Å². The van der Waals surface area contributed by atoms with Gasteiger partial charge in [0.1, 0.15) is 5.82 Å². The molecule has 0 bridgehead atoms. The normalized spacial score (nSPS) is 12.8. The van der Waals surface area contributed by atoms with Gasteiger partial charge in [0.15, 0.2) is 0 Å². The molecule has 1 aliphatic rings. The van der Waals surface area contributed by atoms with Crippen LogP contribution in [0.25, 0.3) is 5.69 Å². The van der Waals surface area contributed by atoms with Crippen molar-refractivity contribution in [1.82, 2.24) is 9.88 Å². The highest BCUT2D eigenvalue weighted by atomic mass is 32.2. The second kappa shape index (κ2) is 7.01. The van der Waals surface area contributed by atoms with E-state index in [0.717, 1.165) is 16.7 Å². The first-order chi connectivity index (χ1) is 13.5. The molecule has 2 heterocycles. The monoisotopic (exact) mass is 391 g/mol. The number of aromatic nitrogens is 1. The molecule has 0 spiro atoms. The predicted octanol–water partition coefficient (Wildman–Crippen LogP) is 2.90. The van der Waals surface area contributed by atoms with Crippen molar-refractivity contribution in [3.8, 4) is 5.69 Å². The van der Waals surface area contributed by atoms with E-state index in [1.54, 1.807) is 23.9 Å². The second-order valence-corrected chi connectivity index (χ2v) is 7.54. The molecule has 0 atom stereocenters. The molecule has 6 nitrogen and oxygen atoms in total. The van der Waals surface area contributed by atoms with Gasteiger partial charge >= 0.3 is 0 Å². The zero-order valence-electron chi connectivity index (χ0n) is 15.1. The first-order valence-electron chi connectivity index (χ1n) is 8.64. The van der Waals surface area contributed by atoms with Gasteiger partial charge in [-0.05, 0) is 24.6 Å².